The van der Waals surface area contributed by atoms with Crippen molar-refractivity contribution in [3.05, 3.63) is 64.3 Å². The van der Waals surface area contributed by atoms with Gasteiger partial charge in [0.1, 0.15) is 5.82 Å². The Morgan fingerprint density at radius 3 is 2.76 bits per heavy atom. The molecule has 0 amide bonds. The second-order valence-corrected chi connectivity index (χ2v) is 7.58. The largest absolute Gasteiger partial charge is 0.409 e. The number of H-pyrrole nitrogens is 1. The maximum Gasteiger partial charge on any atom is 0.326 e. The van der Waals surface area contributed by atoms with E-state index in [0.29, 0.717) is 18.0 Å². The number of aromatic nitrogens is 4. The predicted octanol–water partition coefficient (Wildman–Crippen LogP) is 2.87. The van der Waals surface area contributed by atoms with Gasteiger partial charge in [0, 0.05) is 12.1 Å². The average molecular weight is 392 g/mol. The molecule has 0 aliphatic rings. The molecular formula is C21H24N6O2. The first-order valence-electron chi connectivity index (χ1n) is 9.62. The van der Waals surface area contributed by atoms with Crippen LogP contribution in [0.1, 0.15) is 31.7 Å². The van der Waals surface area contributed by atoms with E-state index in [0.717, 1.165) is 40.9 Å². The first-order chi connectivity index (χ1) is 14.0. The van der Waals surface area contributed by atoms with Crippen molar-refractivity contribution in [3.8, 4) is 0 Å². The fraction of sp³-hybridized carbons (Fsp3) is 0.286. The number of aryl methyl sites for hydroxylation is 1. The van der Waals surface area contributed by atoms with Crippen LogP contribution in [-0.4, -0.2) is 30.1 Å². The monoisotopic (exact) mass is 392 g/mol. The highest BCUT2D eigenvalue weighted by atomic mass is 16.4. The van der Waals surface area contributed by atoms with Gasteiger partial charge in [0.2, 0.25) is 0 Å². The fourth-order valence-corrected chi connectivity index (χ4v) is 3.56. The molecule has 0 bridgehead atoms. The third kappa shape index (κ3) is 3.49. The number of imidazole rings is 2. The zero-order valence-corrected chi connectivity index (χ0v) is 16.5. The van der Waals surface area contributed by atoms with Crippen molar-refractivity contribution >= 4 is 27.9 Å². The van der Waals surface area contributed by atoms with Crippen LogP contribution in [0.15, 0.2) is 52.4 Å². The van der Waals surface area contributed by atoms with E-state index in [-0.39, 0.29) is 11.5 Å². The highest BCUT2D eigenvalue weighted by Gasteiger charge is 2.15. The van der Waals surface area contributed by atoms with Crippen molar-refractivity contribution in [2.45, 2.75) is 33.4 Å². The topological polar surface area (TPSA) is 114 Å². The summed E-state index contributed by atoms with van der Waals surface area (Å²) in [7, 11) is 0. The normalized spacial score (nSPS) is 12.4. The molecule has 0 atom stereocenters. The van der Waals surface area contributed by atoms with Crippen molar-refractivity contribution in [1.29, 1.82) is 0 Å². The minimum atomic E-state index is -0.161. The lowest BCUT2D eigenvalue weighted by molar-refractivity contribution is 0.318. The number of para-hydroxylation sites is 2. The van der Waals surface area contributed by atoms with Crippen molar-refractivity contribution < 1.29 is 5.21 Å². The summed E-state index contributed by atoms with van der Waals surface area (Å²) in [5.41, 5.74) is 9.54. The zero-order valence-electron chi connectivity index (χ0n) is 16.5. The molecular weight excluding hydrogens is 368 g/mol. The molecule has 29 heavy (non-hydrogen) atoms. The number of rotatable bonds is 6. The maximum absolute atomic E-state index is 12.5. The quantitative estimate of drug-likeness (QED) is 0.203. The second kappa shape index (κ2) is 7.46. The molecule has 2 aromatic carbocycles. The van der Waals surface area contributed by atoms with Crippen LogP contribution in [0.3, 0.4) is 0 Å². The number of nitrogens with two attached hydrogens (primary N) is 1. The number of fused-ring (bicyclic) bond motifs is 2. The molecule has 4 rings (SSSR count). The lowest BCUT2D eigenvalue weighted by Gasteiger charge is -2.12. The van der Waals surface area contributed by atoms with E-state index in [9.17, 15) is 4.79 Å². The van der Waals surface area contributed by atoms with Crippen LogP contribution in [0, 0.1) is 5.92 Å². The highest BCUT2D eigenvalue weighted by Crippen LogP contribution is 2.21. The van der Waals surface area contributed by atoms with E-state index in [1.54, 1.807) is 10.6 Å². The molecule has 4 aromatic rings. The summed E-state index contributed by atoms with van der Waals surface area (Å²) in [6.07, 6.45) is 0.989. The molecule has 2 aromatic heterocycles. The first kappa shape index (κ1) is 18.8. The molecule has 8 heteroatoms. The van der Waals surface area contributed by atoms with E-state index in [4.69, 9.17) is 15.9 Å². The first-order valence-corrected chi connectivity index (χ1v) is 9.62. The van der Waals surface area contributed by atoms with E-state index in [2.05, 4.69) is 28.6 Å². The van der Waals surface area contributed by atoms with Crippen molar-refractivity contribution in [2.75, 3.05) is 0 Å². The van der Waals surface area contributed by atoms with Gasteiger partial charge in [-0.05, 0) is 42.7 Å². The summed E-state index contributed by atoms with van der Waals surface area (Å²) < 4.78 is 3.85. The van der Waals surface area contributed by atoms with E-state index < -0.39 is 0 Å². The Balaban J connectivity index is 1.83. The van der Waals surface area contributed by atoms with Crippen LogP contribution in [0.25, 0.3) is 22.1 Å². The summed E-state index contributed by atoms with van der Waals surface area (Å²) in [5.74, 6) is 1.37. The SMILES string of the molecule is CC(C)CCn1c(Cn2c(=O)[nH]c3ccccc32)nc2cc(/C(N)=N/O)ccc21. The van der Waals surface area contributed by atoms with Crippen LogP contribution in [0.2, 0.25) is 0 Å². The summed E-state index contributed by atoms with van der Waals surface area (Å²) >= 11 is 0. The number of oxime groups is 1. The Bertz CT molecular complexity index is 1260. The molecule has 8 nitrogen and oxygen atoms in total. The van der Waals surface area contributed by atoms with Gasteiger partial charge in [0.15, 0.2) is 5.84 Å². The molecule has 0 unspecified atom stereocenters. The Morgan fingerprint density at radius 1 is 1.21 bits per heavy atom. The number of nitrogens with one attached hydrogen (secondary N) is 1. The summed E-state index contributed by atoms with van der Waals surface area (Å²) in [6.45, 7) is 5.51. The van der Waals surface area contributed by atoms with Gasteiger partial charge >= 0.3 is 5.69 Å². The lowest BCUT2D eigenvalue weighted by atomic mass is 10.1. The predicted molar refractivity (Wildman–Crippen MR) is 113 cm³/mol. The number of aromatic amines is 1. The van der Waals surface area contributed by atoms with Crippen LogP contribution in [-0.2, 0) is 13.1 Å². The molecule has 2 heterocycles. The van der Waals surface area contributed by atoms with E-state index in [1.165, 1.54) is 0 Å². The van der Waals surface area contributed by atoms with Crippen LogP contribution >= 0.6 is 0 Å². The molecule has 0 spiro atoms. The van der Waals surface area contributed by atoms with E-state index in [1.807, 2.05) is 36.4 Å². The van der Waals surface area contributed by atoms with Crippen molar-refractivity contribution in [1.82, 2.24) is 19.1 Å². The van der Waals surface area contributed by atoms with Gasteiger partial charge in [-0.25, -0.2) is 9.78 Å². The third-order valence-electron chi connectivity index (χ3n) is 5.14. The second-order valence-electron chi connectivity index (χ2n) is 7.58. The Hall–Kier alpha value is -3.55. The standard InChI is InChI=1S/C21H24N6O2/c1-13(2)9-10-26-18-8-7-14(20(22)25-29)11-16(18)23-19(26)12-27-17-6-4-3-5-15(17)24-21(27)28/h3-8,11,13,29H,9-10,12H2,1-2H3,(H2,22,25)(H,24,28). The Kier molecular flexibility index (Phi) is 4.84. The van der Waals surface area contributed by atoms with Gasteiger partial charge in [0.05, 0.1) is 28.6 Å². The van der Waals surface area contributed by atoms with E-state index >= 15 is 0 Å². The number of benzene rings is 2. The van der Waals surface area contributed by atoms with Gasteiger partial charge in [-0.3, -0.25) is 4.57 Å². The smallest absolute Gasteiger partial charge is 0.326 e. The van der Waals surface area contributed by atoms with Gasteiger partial charge in [-0.1, -0.05) is 31.1 Å². The number of nitrogens with zero attached hydrogens (tertiary/aromatic N) is 4. The van der Waals surface area contributed by atoms with Crippen LogP contribution in [0.4, 0.5) is 0 Å². The molecule has 0 saturated heterocycles. The summed E-state index contributed by atoms with van der Waals surface area (Å²) in [4.78, 5) is 20.2. The molecule has 0 radical (unpaired) electrons. The lowest BCUT2D eigenvalue weighted by Crippen LogP contribution is -2.20. The molecule has 0 fully saturated rings. The van der Waals surface area contributed by atoms with Crippen molar-refractivity contribution in [2.24, 2.45) is 16.8 Å². The van der Waals surface area contributed by atoms with Gasteiger partial charge in [-0.15, -0.1) is 0 Å². The number of amidine groups is 1. The van der Waals surface area contributed by atoms with Gasteiger partial charge < -0.3 is 20.5 Å². The Labute approximate surface area is 167 Å². The fourth-order valence-electron chi connectivity index (χ4n) is 3.56. The molecule has 150 valence electrons. The minimum Gasteiger partial charge on any atom is -0.409 e. The molecule has 0 aliphatic heterocycles. The third-order valence-corrected chi connectivity index (χ3v) is 5.14. The number of hydrogen-bond donors (Lipinski definition) is 3. The average Bonchev–Trinajstić information content (AvgIpc) is 3.22. The minimum absolute atomic E-state index is 0.0398. The molecule has 0 aliphatic carbocycles. The zero-order chi connectivity index (χ0) is 20.5. The maximum atomic E-state index is 12.5. The van der Waals surface area contributed by atoms with Gasteiger partial charge in [-0.2, -0.15) is 0 Å². The van der Waals surface area contributed by atoms with Crippen LogP contribution < -0.4 is 11.4 Å². The van der Waals surface area contributed by atoms with Gasteiger partial charge in [0.25, 0.3) is 0 Å². The highest BCUT2D eigenvalue weighted by molar-refractivity contribution is 5.99. The summed E-state index contributed by atoms with van der Waals surface area (Å²) in [5, 5.41) is 12.0. The van der Waals surface area contributed by atoms with Crippen LogP contribution in [0.5, 0.6) is 0 Å². The molecule has 0 saturated carbocycles. The number of hydrogen-bond acceptors (Lipinski definition) is 4. The summed E-state index contributed by atoms with van der Waals surface area (Å²) in [6, 6.07) is 13.2. The molecule has 4 N–H and O–H groups in total. The Morgan fingerprint density at radius 2 is 2.00 bits per heavy atom. The van der Waals surface area contributed by atoms with Crippen molar-refractivity contribution in [3.63, 3.8) is 0 Å².